The van der Waals surface area contributed by atoms with Crippen molar-refractivity contribution < 1.29 is 27.5 Å². The number of aromatic nitrogens is 3. The quantitative estimate of drug-likeness (QED) is 0.181. The molecular weight excluding hydrogens is 641 g/mol. The summed E-state index contributed by atoms with van der Waals surface area (Å²) in [7, 11) is -2.17. The number of allylic oxidation sites excluding steroid dienone is 1. The standard InChI is InChI=1S/C38H44N4O6S/c1-5-48-38(44)32-21-39-42(28-12-9-13-28)35(32)27-18-26-19-29(47-4)15-17-30(26)36-34(24-10-7-6-8-11-24)31-16-14-25(20-33(31)41(36)22-27)37(43)40-49(45,46)23(2)3/h14-21,23-24,28H,5-13,22H2,1-4H3,(H,40,43). The second kappa shape index (κ2) is 13.2. The molecule has 1 aliphatic heterocycles. The fraction of sp³-hybridized carbons (Fsp3) is 0.447. The van der Waals surface area contributed by atoms with Gasteiger partial charge in [-0.3, -0.25) is 9.48 Å². The molecule has 0 spiro atoms. The largest absolute Gasteiger partial charge is 0.497 e. The van der Waals surface area contributed by atoms with Crippen LogP contribution in [0.3, 0.4) is 0 Å². The molecule has 3 heterocycles. The third kappa shape index (κ3) is 5.96. The zero-order valence-electron chi connectivity index (χ0n) is 28.6. The molecule has 1 amide bonds. The van der Waals surface area contributed by atoms with Crippen LogP contribution in [-0.4, -0.2) is 53.6 Å². The zero-order valence-corrected chi connectivity index (χ0v) is 29.4. The van der Waals surface area contributed by atoms with Crippen molar-refractivity contribution in [2.24, 2.45) is 0 Å². The molecule has 49 heavy (non-hydrogen) atoms. The van der Waals surface area contributed by atoms with Gasteiger partial charge < -0.3 is 14.0 Å². The summed E-state index contributed by atoms with van der Waals surface area (Å²) in [5.74, 6) is -0.0282. The van der Waals surface area contributed by atoms with E-state index >= 15 is 0 Å². The fourth-order valence-corrected chi connectivity index (χ4v) is 8.19. The summed E-state index contributed by atoms with van der Waals surface area (Å²) < 4.78 is 43.1. The van der Waals surface area contributed by atoms with Gasteiger partial charge in [0.05, 0.1) is 49.1 Å². The van der Waals surface area contributed by atoms with Gasteiger partial charge in [-0.15, -0.1) is 0 Å². The Morgan fingerprint density at radius 3 is 2.45 bits per heavy atom. The molecule has 0 bridgehead atoms. The average Bonchev–Trinajstić information content (AvgIpc) is 3.58. The molecule has 11 heteroatoms. The number of nitrogens with zero attached hydrogens (tertiary/aromatic N) is 3. The molecule has 0 atom stereocenters. The number of fused-ring (bicyclic) bond motifs is 5. The number of amides is 1. The van der Waals surface area contributed by atoms with E-state index in [9.17, 15) is 18.0 Å². The van der Waals surface area contributed by atoms with Crippen LogP contribution in [0.15, 0.2) is 42.6 Å². The van der Waals surface area contributed by atoms with E-state index in [-0.39, 0.29) is 18.2 Å². The molecular formula is C38H44N4O6S. The molecule has 4 aromatic rings. The summed E-state index contributed by atoms with van der Waals surface area (Å²) in [5.41, 5.74) is 7.49. The number of carbonyl (C=O) groups is 2. The first kappa shape index (κ1) is 33.1. The molecule has 1 N–H and O–H groups in total. The van der Waals surface area contributed by atoms with Gasteiger partial charge in [0.1, 0.15) is 11.3 Å². The molecule has 258 valence electrons. The number of methoxy groups -OCH3 is 1. The van der Waals surface area contributed by atoms with Gasteiger partial charge >= 0.3 is 5.97 Å². The van der Waals surface area contributed by atoms with Crippen molar-refractivity contribution in [1.82, 2.24) is 19.1 Å². The Balaban J connectivity index is 1.49. The fourth-order valence-electron chi connectivity index (χ4n) is 7.58. The number of nitrogens with one attached hydrogen (secondary N) is 1. The first-order chi connectivity index (χ1) is 23.6. The second-order valence-corrected chi connectivity index (χ2v) is 16.0. The third-order valence-corrected chi connectivity index (χ3v) is 12.1. The summed E-state index contributed by atoms with van der Waals surface area (Å²) in [6.45, 7) is 5.53. The monoisotopic (exact) mass is 684 g/mol. The molecule has 7 rings (SSSR count). The van der Waals surface area contributed by atoms with Crippen LogP contribution in [0, 0.1) is 0 Å². The lowest BCUT2D eigenvalue weighted by Crippen LogP contribution is -2.35. The lowest BCUT2D eigenvalue weighted by atomic mass is 9.81. The van der Waals surface area contributed by atoms with Crippen molar-refractivity contribution in [3.63, 3.8) is 0 Å². The lowest BCUT2D eigenvalue weighted by molar-refractivity contribution is 0.0525. The zero-order chi connectivity index (χ0) is 34.4. The Hall–Kier alpha value is -4.38. The number of esters is 1. The predicted octanol–water partition coefficient (Wildman–Crippen LogP) is 7.49. The summed E-state index contributed by atoms with van der Waals surface area (Å²) in [5, 5.41) is 5.05. The molecule has 0 saturated heterocycles. The van der Waals surface area contributed by atoms with Crippen LogP contribution in [0.4, 0.5) is 0 Å². The van der Waals surface area contributed by atoms with Crippen LogP contribution in [0.2, 0.25) is 0 Å². The maximum atomic E-state index is 13.4. The van der Waals surface area contributed by atoms with E-state index in [1.165, 1.54) is 12.0 Å². The SMILES string of the molecule is CCOC(=O)c1cnn(C2CCC2)c1C1=Cc2cc(OC)ccc2-c2c(C3CCCCC3)c3ccc(C(=O)NS(=O)(=O)C(C)C)cc3n2C1. The molecule has 3 aliphatic rings. The highest BCUT2D eigenvalue weighted by Crippen LogP contribution is 2.48. The first-order valence-electron chi connectivity index (χ1n) is 17.5. The van der Waals surface area contributed by atoms with Crippen molar-refractivity contribution in [1.29, 1.82) is 0 Å². The highest BCUT2D eigenvalue weighted by molar-refractivity contribution is 7.90. The van der Waals surface area contributed by atoms with Crippen LogP contribution < -0.4 is 9.46 Å². The smallest absolute Gasteiger partial charge is 0.341 e. The molecule has 2 aliphatic carbocycles. The Morgan fingerprint density at radius 2 is 1.78 bits per heavy atom. The highest BCUT2D eigenvalue weighted by Gasteiger charge is 2.34. The molecule has 2 aromatic carbocycles. The number of carbonyl (C=O) groups excluding carboxylic acids is 2. The van der Waals surface area contributed by atoms with Crippen molar-refractivity contribution in [2.75, 3.05) is 13.7 Å². The van der Waals surface area contributed by atoms with E-state index in [1.54, 1.807) is 40.1 Å². The molecule has 2 fully saturated rings. The average molecular weight is 685 g/mol. The Bertz CT molecular complexity index is 2080. The summed E-state index contributed by atoms with van der Waals surface area (Å²) >= 11 is 0. The highest BCUT2D eigenvalue weighted by atomic mass is 32.2. The van der Waals surface area contributed by atoms with E-state index in [0.29, 0.717) is 18.0 Å². The van der Waals surface area contributed by atoms with Gasteiger partial charge in [-0.1, -0.05) is 25.3 Å². The minimum Gasteiger partial charge on any atom is -0.497 e. The summed E-state index contributed by atoms with van der Waals surface area (Å²) in [6.07, 6.45) is 12.5. The van der Waals surface area contributed by atoms with Gasteiger partial charge in [-0.05, 0) is 112 Å². The van der Waals surface area contributed by atoms with E-state index in [1.807, 2.05) is 28.9 Å². The molecule has 2 aromatic heterocycles. The van der Waals surface area contributed by atoms with Crippen molar-refractivity contribution >= 4 is 44.5 Å². The Morgan fingerprint density at radius 1 is 1.00 bits per heavy atom. The minimum atomic E-state index is -3.83. The number of ether oxygens (including phenoxy) is 2. The van der Waals surface area contributed by atoms with Gasteiger partial charge in [0, 0.05) is 22.0 Å². The predicted molar refractivity (Wildman–Crippen MR) is 190 cm³/mol. The number of sulfonamides is 1. The second-order valence-electron chi connectivity index (χ2n) is 13.7. The van der Waals surface area contributed by atoms with E-state index in [2.05, 4.69) is 21.4 Å². The van der Waals surface area contributed by atoms with Crippen molar-refractivity contribution in [2.45, 2.75) is 95.9 Å². The molecule has 2 saturated carbocycles. The van der Waals surface area contributed by atoms with Crippen LogP contribution in [0.25, 0.3) is 33.8 Å². The van der Waals surface area contributed by atoms with E-state index < -0.39 is 27.1 Å². The maximum absolute atomic E-state index is 13.4. The van der Waals surface area contributed by atoms with Crippen LogP contribution >= 0.6 is 0 Å². The van der Waals surface area contributed by atoms with Crippen LogP contribution in [-0.2, 0) is 21.3 Å². The van der Waals surface area contributed by atoms with Crippen LogP contribution in [0.5, 0.6) is 5.75 Å². The van der Waals surface area contributed by atoms with Gasteiger partial charge in [-0.2, -0.15) is 5.10 Å². The van der Waals surface area contributed by atoms with Gasteiger partial charge in [-0.25, -0.2) is 17.9 Å². The minimum absolute atomic E-state index is 0.184. The maximum Gasteiger partial charge on any atom is 0.341 e. The van der Waals surface area contributed by atoms with Gasteiger partial charge in [0.15, 0.2) is 0 Å². The molecule has 10 nitrogen and oxygen atoms in total. The Kier molecular flexibility index (Phi) is 8.89. The number of hydrogen-bond donors (Lipinski definition) is 1. The molecule has 0 unspecified atom stereocenters. The summed E-state index contributed by atoms with van der Waals surface area (Å²) in [4.78, 5) is 26.8. The lowest BCUT2D eigenvalue weighted by Gasteiger charge is -2.28. The molecule has 0 radical (unpaired) electrons. The van der Waals surface area contributed by atoms with Crippen molar-refractivity contribution in [3.05, 3.63) is 70.5 Å². The number of rotatable bonds is 9. The topological polar surface area (TPSA) is 122 Å². The first-order valence-corrected chi connectivity index (χ1v) is 19.0. The van der Waals surface area contributed by atoms with Crippen molar-refractivity contribution in [3.8, 4) is 17.0 Å². The third-order valence-electron chi connectivity index (χ3n) is 10.4. The van der Waals surface area contributed by atoms with Gasteiger partial charge in [0.25, 0.3) is 5.91 Å². The van der Waals surface area contributed by atoms with Crippen LogP contribution in [0.1, 0.15) is 122 Å². The number of hydrogen-bond acceptors (Lipinski definition) is 7. The Labute approximate surface area is 287 Å². The number of benzene rings is 2. The summed E-state index contributed by atoms with van der Waals surface area (Å²) in [6, 6.07) is 11.8. The normalized spacial score (nSPS) is 16.8. The van der Waals surface area contributed by atoms with E-state index in [4.69, 9.17) is 14.6 Å². The van der Waals surface area contributed by atoms with Gasteiger partial charge in [0.2, 0.25) is 10.0 Å². The van der Waals surface area contributed by atoms with E-state index in [0.717, 1.165) is 89.7 Å².